The van der Waals surface area contributed by atoms with Crippen molar-refractivity contribution in [2.75, 3.05) is 45.7 Å². The lowest BCUT2D eigenvalue weighted by atomic mass is 10.0. The van der Waals surface area contributed by atoms with Gasteiger partial charge in [-0.05, 0) is 25.5 Å². The molecule has 0 spiro atoms. The Morgan fingerprint density at radius 3 is 2.58 bits per heavy atom. The number of ether oxygens (including phenoxy) is 2. The summed E-state index contributed by atoms with van der Waals surface area (Å²) in [5.41, 5.74) is 0.945. The second-order valence-corrected chi connectivity index (χ2v) is 8.59. The molecule has 1 aromatic carbocycles. The zero-order valence-electron chi connectivity index (χ0n) is 20.6. The number of methoxy groups -OCH3 is 1. The molecule has 33 heavy (non-hydrogen) atoms. The number of hydrogen-bond acceptors (Lipinski definition) is 5. The average molecular weight is 463 g/mol. The van der Waals surface area contributed by atoms with Gasteiger partial charge in [-0.2, -0.15) is 0 Å². The Balaban J connectivity index is 2.42. The molecular formula is C24H38N4O5. The minimum Gasteiger partial charge on any atom is -0.491 e. The van der Waals surface area contributed by atoms with Gasteiger partial charge in [0.1, 0.15) is 12.4 Å². The van der Waals surface area contributed by atoms with Crippen LogP contribution >= 0.6 is 0 Å². The van der Waals surface area contributed by atoms with E-state index in [9.17, 15) is 14.4 Å². The van der Waals surface area contributed by atoms with E-state index in [0.29, 0.717) is 43.1 Å². The first-order chi connectivity index (χ1) is 15.7. The minimum absolute atomic E-state index is 0.00870. The summed E-state index contributed by atoms with van der Waals surface area (Å²) in [7, 11) is 3.34. The van der Waals surface area contributed by atoms with E-state index in [-0.39, 0.29) is 42.5 Å². The summed E-state index contributed by atoms with van der Waals surface area (Å²) in [6, 6.07) is 4.60. The summed E-state index contributed by atoms with van der Waals surface area (Å²) in [5, 5.41) is 5.75. The molecule has 9 nitrogen and oxygen atoms in total. The van der Waals surface area contributed by atoms with Gasteiger partial charge in [-0.3, -0.25) is 9.59 Å². The molecule has 0 unspecified atom stereocenters. The molecule has 184 valence electrons. The largest absolute Gasteiger partial charge is 0.491 e. The maximum atomic E-state index is 13.2. The van der Waals surface area contributed by atoms with Crippen molar-refractivity contribution >= 4 is 23.5 Å². The number of urea groups is 1. The van der Waals surface area contributed by atoms with Gasteiger partial charge < -0.3 is 29.9 Å². The number of likely N-dealkylation sites (N-methyl/N-ethyl adjacent to an activating group) is 1. The number of nitrogens with zero attached hydrogens (tertiary/aromatic N) is 2. The van der Waals surface area contributed by atoms with Crippen molar-refractivity contribution in [2.24, 2.45) is 5.92 Å². The summed E-state index contributed by atoms with van der Waals surface area (Å²) in [6.07, 6.45) is 0.932. The Bertz CT molecular complexity index is 831. The molecular weight excluding hydrogens is 424 g/mol. The van der Waals surface area contributed by atoms with Crippen LogP contribution in [0.25, 0.3) is 0 Å². The van der Waals surface area contributed by atoms with Gasteiger partial charge in [0, 0.05) is 57.9 Å². The van der Waals surface area contributed by atoms with Crippen LogP contribution in [0.5, 0.6) is 5.75 Å². The third-order valence-electron chi connectivity index (χ3n) is 5.84. The monoisotopic (exact) mass is 462 g/mol. The fourth-order valence-corrected chi connectivity index (χ4v) is 3.72. The Hall–Kier alpha value is -2.81. The molecule has 1 aliphatic heterocycles. The summed E-state index contributed by atoms with van der Waals surface area (Å²) >= 11 is 0. The maximum Gasteiger partial charge on any atom is 0.317 e. The molecule has 1 heterocycles. The van der Waals surface area contributed by atoms with Gasteiger partial charge >= 0.3 is 6.03 Å². The van der Waals surface area contributed by atoms with Gasteiger partial charge in [0.2, 0.25) is 5.91 Å². The van der Waals surface area contributed by atoms with E-state index in [1.54, 1.807) is 49.1 Å². The van der Waals surface area contributed by atoms with Crippen LogP contribution in [0, 0.1) is 5.92 Å². The predicted molar refractivity (Wildman–Crippen MR) is 128 cm³/mol. The second-order valence-electron chi connectivity index (χ2n) is 8.59. The first kappa shape index (κ1) is 26.4. The second kappa shape index (κ2) is 12.4. The average Bonchev–Trinajstić information content (AvgIpc) is 2.81. The summed E-state index contributed by atoms with van der Waals surface area (Å²) < 4.78 is 11.8. The number of hydrogen-bond donors (Lipinski definition) is 2. The number of carbonyl (C=O) groups excluding carboxylic acids is 3. The van der Waals surface area contributed by atoms with E-state index in [1.807, 2.05) is 20.8 Å². The van der Waals surface area contributed by atoms with E-state index < -0.39 is 0 Å². The predicted octanol–water partition coefficient (Wildman–Crippen LogP) is 2.96. The van der Waals surface area contributed by atoms with Crippen LogP contribution in [0.4, 0.5) is 10.5 Å². The first-order valence-electron chi connectivity index (χ1n) is 11.6. The molecule has 4 amide bonds. The molecule has 1 aromatic rings. The number of carbonyl (C=O) groups is 3. The number of benzene rings is 1. The third kappa shape index (κ3) is 7.08. The number of anilines is 1. The molecule has 9 heteroatoms. The minimum atomic E-state index is -0.254. The van der Waals surface area contributed by atoms with Crippen LogP contribution in [0.2, 0.25) is 0 Å². The van der Waals surface area contributed by atoms with Crippen LogP contribution in [-0.4, -0.2) is 80.2 Å². The molecule has 0 saturated heterocycles. The zero-order valence-corrected chi connectivity index (χ0v) is 20.6. The van der Waals surface area contributed by atoms with Crippen molar-refractivity contribution in [1.29, 1.82) is 0 Å². The molecule has 2 rings (SSSR count). The highest BCUT2D eigenvalue weighted by molar-refractivity contribution is 5.98. The van der Waals surface area contributed by atoms with Gasteiger partial charge in [0.25, 0.3) is 5.91 Å². The number of amides is 4. The van der Waals surface area contributed by atoms with E-state index in [4.69, 9.17) is 9.47 Å². The van der Waals surface area contributed by atoms with Gasteiger partial charge in [0.15, 0.2) is 0 Å². The topological polar surface area (TPSA) is 100 Å². The summed E-state index contributed by atoms with van der Waals surface area (Å²) in [5.74, 6) is 0.0312. The highest BCUT2D eigenvalue weighted by Gasteiger charge is 2.30. The molecule has 2 N–H and O–H groups in total. The van der Waals surface area contributed by atoms with Gasteiger partial charge in [-0.25, -0.2) is 4.79 Å². The lowest BCUT2D eigenvalue weighted by Gasteiger charge is -2.36. The fraction of sp³-hybridized carbons (Fsp3) is 0.625. The lowest BCUT2D eigenvalue weighted by molar-refractivity contribution is -0.115. The quantitative estimate of drug-likeness (QED) is 0.701. The molecule has 0 fully saturated rings. The first-order valence-corrected chi connectivity index (χ1v) is 11.6. The molecule has 3 atom stereocenters. The van der Waals surface area contributed by atoms with Crippen LogP contribution in [-0.2, 0) is 9.53 Å². The molecule has 0 aliphatic carbocycles. The van der Waals surface area contributed by atoms with Crippen molar-refractivity contribution in [3.05, 3.63) is 23.8 Å². The summed E-state index contributed by atoms with van der Waals surface area (Å²) in [4.78, 5) is 41.3. The zero-order chi connectivity index (χ0) is 24.5. The van der Waals surface area contributed by atoms with Crippen molar-refractivity contribution in [1.82, 2.24) is 15.1 Å². The van der Waals surface area contributed by atoms with Crippen LogP contribution in [0.3, 0.4) is 0 Å². The van der Waals surface area contributed by atoms with Crippen LogP contribution < -0.4 is 15.4 Å². The van der Waals surface area contributed by atoms with Crippen LogP contribution in [0.15, 0.2) is 18.2 Å². The Kier molecular flexibility index (Phi) is 9.96. The van der Waals surface area contributed by atoms with E-state index in [0.717, 1.165) is 6.42 Å². The Morgan fingerprint density at radius 1 is 1.21 bits per heavy atom. The van der Waals surface area contributed by atoms with Crippen LogP contribution in [0.1, 0.15) is 50.9 Å². The molecule has 1 aliphatic rings. The Morgan fingerprint density at radius 2 is 1.94 bits per heavy atom. The molecule has 0 bridgehead atoms. The van der Waals surface area contributed by atoms with Crippen molar-refractivity contribution in [3.8, 4) is 5.75 Å². The van der Waals surface area contributed by atoms with Gasteiger partial charge in [0.05, 0.1) is 17.7 Å². The fourth-order valence-electron chi connectivity index (χ4n) is 3.72. The number of nitrogens with one attached hydrogen (secondary N) is 2. The maximum absolute atomic E-state index is 13.2. The molecule has 0 saturated carbocycles. The van der Waals surface area contributed by atoms with E-state index in [1.165, 1.54) is 0 Å². The molecule has 0 aromatic heterocycles. The van der Waals surface area contributed by atoms with E-state index in [2.05, 4.69) is 10.6 Å². The third-order valence-corrected chi connectivity index (χ3v) is 5.84. The van der Waals surface area contributed by atoms with E-state index >= 15 is 0 Å². The van der Waals surface area contributed by atoms with Crippen molar-refractivity contribution in [3.63, 3.8) is 0 Å². The Labute approximate surface area is 196 Å². The number of rotatable bonds is 5. The highest BCUT2D eigenvalue weighted by atomic mass is 16.5. The SMILES string of the molecule is CCCNC(=O)N1C[C@@H](C)[C@@H](OC)CN(C)C(=O)c2ccc(NC(=O)CC)cc2OC[C@@H]1C. The van der Waals surface area contributed by atoms with Gasteiger partial charge in [-0.1, -0.05) is 20.8 Å². The van der Waals surface area contributed by atoms with Crippen molar-refractivity contribution in [2.45, 2.75) is 52.7 Å². The number of fused-ring (bicyclic) bond motifs is 1. The lowest BCUT2D eigenvalue weighted by Crippen LogP contribution is -2.51. The van der Waals surface area contributed by atoms with Gasteiger partial charge in [-0.15, -0.1) is 0 Å². The molecule has 0 radical (unpaired) electrons. The standard InChI is InChI=1S/C24H38N4O5/c1-7-11-25-24(31)28-13-16(3)21(32-6)14-27(5)23(30)19-10-9-18(26-22(29)8-2)12-20(19)33-15-17(28)4/h9-10,12,16-17,21H,7-8,11,13-15H2,1-6H3,(H,25,31)(H,26,29)/t16-,17+,21+/m1/s1. The highest BCUT2D eigenvalue weighted by Crippen LogP contribution is 2.27. The smallest absolute Gasteiger partial charge is 0.317 e. The van der Waals surface area contributed by atoms with Crippen molar-refractivity contribution < 1.29 is 23.9 Å². The summed E-state index contributed by atoms with van der Waals surface area (Å²) in [6.45, 7) is 9.31. The normalized spacial score (nSPS) is 21.9.